The molecule has 2 atom stereocenters. The quantitative estimate of drug-likeness (QED) is 0.837. The van der Waals surface area contributed by atoms with Crippen molar-refractivity contribution in [1.29, 1.82) is 0 Å². The molecule has 1 aromatic carbocycles. The molecule has 2 aliphatic rings. The van der Waals surface area contributed by atoms with Crippen LogP contribution in [0.4, 0.5) is 0 Å². The van der Waals surface area contributed by atoms with Crippen LogP contribution in [-0.4, -0.2) is 46.8 Å². The van der Waals surface area contributed by atoms with Gasteiger partial charge in [0.05, 0.1) is 24.2 Å². The molecule has 3 rings (SSSR count). The lowest BCUT2D eigenvalue weighted by atomic mass is 9.89. The van der Waals surface area contributed by atoms with E-state index in [-0.39, 0.29) is 10.9 Å². The van der Waals surface area contributed by atoms with Crippen molar-refractivity contribution in [3.05, 3.63) is 29.3 Å². The fourth-order valence-corrected chi connectivity index (χ4v) is 5.08. The van der Waals surface area contributed by atoms with E-state index in [1.54, 1.807) is 24.3 Å². The number of sulfonamides is 1. The van der Waals surface area contributed by atoms with Gasteiger partial charge >= 0.3 is 0 Å². The zero-order valence-corrected chi connectivity index (χ0v) is 14.7. The standard InChI is InChI=1S/C16H23ClN2O3S/c17-13-5-7-14(8-6-13)23(20,21)18-15-3-1-2-4-16(15)19-9-11-22-12-10-19/h5-8,15-16,18H,1-4,9-12H2/p+1/t15-,16+/m0/s1. The van der Waals surface area contributed by atoms with E-state index in [0.717, 1.165) is 45.6 Å². The van der Waals surface area contributed by atoms with Gasteiger partial charge in [0.15, 0.2) is 0 Å². The molecular formula is C16H24ClN2O3S+. The number of halogens is 1. The van der Waals surface area contributed by atoms with Gasteiger partial charge in [0.1, 0.15) is 19.1 Å². The summed E-state index contributed by atoms with van der Waals surface area (Å²) in [6.07, 6.45) is 4.23. The van der Waals surface area contributed by atoms with Gasteiger partial charge in [-0.15, -0.1) is 0 Å². The molecule has 1 aliphatic carbocycles. The van der Waals surface area contributed by atoms with Crippen LogP contribution in [0.5, 0.6) is 0 Å². The van der Waals surface area contributed by atoms with Crippen LogP contribution in [0.3, 0.4) is 0 Å². The normalized spacial score (nSPS) is 27.0. The van der Waals surface area contributed by atoms with E-state index >= 15 is 0 Å². The molecule has 0 spiro atoms. The summed E-state index contributed by atoms with van der Waals surface area (Å²) in [4.78, 5) is 1.75. The van der Waals surface area contributed by atoms with Crippen LogP contribution < -0.4 is 9.62 Å². The molecule has 0 bridgehead atoms. The molecule has 0 unspecified atom stereocenters. The fourth-order valence-electron chi connectivity index (χ4n) is 3.65. The summed E-state index contributed by atoms with van der Waals surface area (Å²) in [5.41, 5.74) is 0. The molecule has 1 heterocycles. The molecule has 1 aliphatic heterocycles. The Balaban J connectivity index is 1.74. The molecule has 0 radical (unpaired) electrons. The third-order valence-corrected chi connectivity index (χ3v) is 6.61. The van der Waals surface area contributed by atoms with Crippen molar-refractivity contribution in [2.75, 3.05) is 26.3 Å². The summed E-state index contributed by atoms with van der Waals surface area (Å²) >= 11 is 5.85. The lowest BCUT2D eigenvalue weighted by Gasteiger charge is -2.38. The van der Waals surface area contributed by atoms with Gasteiger partial charge in [-0.25, -0.2) is 13.1 Å². The number of hydrogen-bond donors (Lipinski definition) is 2. The first-order valence-electron chi connectivity index (χ1n) is 8.26. The second-order valence-corrected chi connectivity index (χ2v) is 8.49. The van der Waals surface area contributed by atoms with E-state index < -0.39 is 10.0 Å². The Bertz CT molecular complexity index is 615. The molecule has 1 saturated heterocycles. The molecule has 2 N–H and O–H groups in total. The highest BCUT2D eigenvalue weighted by Gasteiger charge is 2.36. The van der Waals surface area contributed by atoms with E-state index in [1.165, 1.54) is 11.3 Å². The molecule has 1 saturated carbocycles. The summed E-state index contributed by atoms with van der Waals surface area (Å²) in [5, 5.41) is 0.539. The van der Waals surface area contributed by atoms with Gasteiger partial charge in [-0.2, -0.15) is 0 Å². The second-order valence-electron chi connectivity index (χ2n) is 6.34. The number of ether oxygens (including phenoxy) is 1. The maximum absolute atomic E-state index is 12.7. The highest BCUT2D eigenvalue weighted by atomic mass is 35.5. The Kier molecular flexibility index (Phi) is 5.59. The number of nitrogens with one attached hydrogen (secondary N) is 2. The third-order valence-electron chi connectivity index (χ3n) is 4.86. The zero-order valence-electron chi connectivity index (χ0n) is 13.1. The summed E-state index contributed by atoms with van der Waals surface area (Å²) in [6.45, 7) is 3.46. The van der Waals surface area contributed by atoms with Gasteiger partial charge in [-0.1, -0.05) is 18.0 Å². The monoisotopic (exact) mass is 359 g/mol. The van der Waals surface area contributed by atoms with Crippen molar-refractivity contribution < 1.29 is 18.1 Å². The van der Waals surface area contributed by atoms with Gasteiger partial charge < -0.3 is 9.64 Å². The van der Waals surface area contributed by atoms with Crippen molar-refractivity contribution in [2.45, 2.75) is 42.7 Å². The zero-order chi connectivity index (χ0) is 16.3. The van der Waals surface area contributed by atoms with Crippen molar-refractivity contribution in [2.24, 2.45) is 0 Å². The molecular weight excluding hydrogens is 336 g/mol. The minimum Gasteiger partial charge on any atom is -0.370 e. The lowest BCUT2D eigenvalue weighted by Crippen LogP contribution is -3.19. The number of morpholine rings is 1. The van der Waals surface area contributed by atoms with E-state index in [1.807, 2.05) is 0 Å². The first-order chi connectivity index (χ1) is 11.1. The summed E-state index contributed by atoms with van der Waals surface area (Å²) < 4.78 is 33.7. The maximum Gasteiger partial charge on any atom is 0.241 e. The minimum absolute atomic E-state index is 0.00229. The summed E-state index contributed by atoms with van der Waals surface area (Å²) in [6, 6.07) is 6.68. The molecule has 23 heavy (non-hydrogen) atoms. The van der Waals surface area contributed by atoms with Crippen LogP contribution in [0, 0.1) is 0 Å². The largest absolute Gasteiger partial charge is 0.370 e. The van der Waals surface area contributed by atoms with Crippen LogP contribution in [0.25, 0.3) is 0 Å². The molecule has 0 aromatic heterocycles. The predicted octanol–water partition coefficient (Wildman–Crippen LogP) is 0.845. The Hall–Kier alpha value is -0.660. The fraction of sp³-hybridized carbons (Fsp3) is 0.625. The van der Waals surface area contributed by atoms with Crippen LogP contribution in [0.15, 0.2) is 29.2 Å². The van der Waals surface area contributed by atoms with E-state index in [0.29, 0.717) is 11.1 Å². The summed E-state index contributed by atoms with van der Waals surface area (Å²) in [5.74, 6) is 0. The van der Waals surface area contributed by atoms with Crippen molar-refractivity contribution >= 4 is 21.6 Å². The Morgan fingerprint density at radius 1 is 1.09 bits per heavy atom. The Morgan fingerprint density at radius 3 is 2.43 bits per heavy atom. The smallest absolute Gasteiger partial charge is 0.241 e. The second kappa shape index (κ2) is 7.49. The average Bonchev–Trinajstić information content (AvgIpc) is 2.56. The van der Waals surface area contributed by atoms with Crippen LogP contribution in [0.1, 0.15) is 25.7 Å². The topological polar surface area (TPSA) is 59.8 Å². The number of hydrogen-bond acceptors (Lipinski definition) is 3. The highest BCUT2D eigenvalue weighted by Crippen LogP contribution is 2.20. The average molecular weight is 360 g/mol. The lowest BCUT2D eigenvalue weighted by molar-refractivity contribution is -0.935. The Labute approximate surface area is 143 Å². The molecule has 0 amide bonds. The number of rotatable bonds is 4. The highest BCUT2D eigenvalue weighted by molar-refractivity contribution is 7.89. The first kappa shape index (κ1) is 17.2. The molecule has 1 aromatic rings. The van der Waals surface area contributed by atoms with Gasteiger partial charge in [0.25, 0.3) is 0 Å². The SMILES string of the molecule is O=S(=O)(N[C@H]1CCCC[C@H]1[NH+]1CCOCC1)c1ccc(Cl)cc1. The predicted molar refractivity (Wildman–Crippen MR) is 89.3 cm³/mol. The van der Waals surface area contributed by atoms with Crippen molar-refractivity contribution in [1.82, 2.24) is 4.72 Å². The van der Waals surface area contributed by atoms with E-state index in [4.69, 9.17) is 16.3 Å². The van der Waals surface area contributed by atoms with Crippen molar-refractivity contribution in [3.8, 4) is 0 Å². The first-order valence-corrected chi connectivity index (χ1v) is 10.1. The molecule has 7 heteroatoms. The van der Waals surface area contributed by atoms with Gasteiger partial charge in [-0.05, 0) is 37.1 Å². The summed E-state index contributed by atoms with van der Waals surface area (Å²) in [7, 11) is -3.50. The van der Waals surface area contributed by atoms with Crippen LogP contribution >= 0.6 is 11.6 Å². The maximum atomic E-state index is 12.7. The van der Waals surface area contributed by atoms with E-state index in [9.17, 15) is 8.42 Å². The molecule has 5 nitrogen and oxygen atoms in total. The van der Waals surface area contributed by atoms with Crippen LogP contribution in [0.2, 0.25) is 5.02 Å². The number of benzene rings is 1. The molecule has 2 fully saturated rings. The van der Waals surface area contributed by atoms with Crippen molar-refractivity contribution in [3.63, 3.8) is 0 Å². The number of quaternary nitrogens is 1. The van der Waals surface area contributed by atoms with Gasteiger partial charge in [0, 0.05) is 11.4 Å². The Morgan fingerprint density at radius 2 is 1.74 bits per heavy atom. The van der Waals surface area contributed by atoms with Gasteiger partial charge in [0.2, 0.25) is 10.0 Å². The van der Waals surface area contributed by atoms with Crippen LogP contribution in [-0.2, 0) is 14.8 Å². The minimum atomic E-state index is -3.50. The third kappa shape index (κ3) is 4.25. The van der Waals surface area contributed by atoms with E-state index in [2.05, 4.69) is 4.72 Å². The molecule has 128 valence electrons. The van der Waals surface area contributed by atoms with Gasteiger partial charge in [-0.3, -0.25) is 0 Å².